The Morgan fingerprint density at radius 3 is 3.05 bits per heavy atom. The van der Waals surface area contributed by atoms with Crippen molar-refractivity contribution < 1.29 is 9.90 Å². The van der Waals surface area contributed by atoms with Gasteiger partial charge < -0.3 is 10.0 Å². The van der Waals surface area contributed by atoms with Gasteiger partial charge >= 0.3 is 0 Å². The van der Waals surface area contributed by atoms with Gasteiger partial charge in [-0.2, -0.15) is 0 Å². The molecule has 110 valence electrons. The fourth-order valence-corrected chi connectivity index (χ4v) is 2.99. The molecule has 1 unspecified atom stereocenters. The van der Waals surface area contributed by atoms with Crippen molar-refractivity contribution >= 4 is 5.91 Å². The molecule has 2 rings (SSSR count). The molecular formula is C17H25NO2. The van der Waals surface area contributed by atoms with Gasteiger partial charge in [0.05, 0.1) is 0 Å². The predicted molar refractivity (Wildman–Crippen MR) is 80.5 cm³/mol. The molecule has 0 aromatic heterocycles. The van der Waals surface area contributed by atoms with E-state index in [1.54, 1.807) is 0 Å². The minimum Gasteiger partial charge on any atom is -0.396 e. The number of hydrogen-bond donors (Lipinski definition) is 1. The third-order valence-corrected chi connectivity index (χ3v) is 4.12. The summed E-state index contributed by atoms with van der Waals surface area (Å²) in [7, 11) is 0. The zero-order chi connectivity index (χ0) is 14.4. The van der Waals surface area contributed by atoms with Gasteiger partial charge in [0.1, 0.15) is 0 Å². The van der Waals surface area contributed by atoms with Crippen molar-refractivity contribution in [3.8, 4) is 0 Å². The Bertz CT molecular complexity index is 442. The molecule has 0 radical (unpaired) electrons. The molecule has 1 fully saturated rings. The van der Waals surface area contributed by atoms with E-state index >= 15 is 0 Å². The molecule has 1 N–H and O–H groups in total. The Hall–Kier alpha value is -1.35. The standard InChI is InChI=1S/C17H25NO2/c1-14-4-2-5-15(12-14)7-8-17(20)18-10-3-6-16(13-18)9-11-19/h2,4-5,12,16,19H,3,6-11,13H2,1H3. The van der Waals surface area contributed by atoms with Crippen LogP contribution in [0, 0.1) is 12.8 Å². The number of aliphatic hydroxyl groups excluding tert-OH is 1. The van der Waals surface area contributed by atoms with Crippen LogP contribution in [0.5, 0.6) is 0 Å². The number of carbonyl (C=O) groups is 1. The van der Waals surface area contributed by atoms with E-state index in [1.807, 2.05) is 11.0 Å². The molecule has 1 saturated heterocycles. The van der Waals surface area contributed by atoms with Crippen LogP contribution in [0.3, 0.4) is 0 Å². The van der Waals surface area contributed by atoms with E-state index in [4.69, 9.17) is 5.11 Å². The van der Waals surface area contributed by atoms with Crippen molar-refractivity contribution in [1.29, 1.82) is 0 Å². The van der Waals surface area contributed by atoms with Crippen molar-refractivity contribution in [1.82, 2.24) is 4.90 Å². The van der Waals surface area contributed by atoms with Crippen LogP contribution in [-0.4, -0.2) is 35.6 Å². The third kappa shape index (κ3) is 4.34. The Morgan fingerprint density at radius 1 is 1.45 bits per heavy atom. The molecule has 1 amide bonds. The second-order valence-electron chi connectivity index (χ2n) is 5.85. The van der Waals surface area contributed by atoms with E-state index in [-0.39, 0.29) is 12.5 Å². The highest BCUT2D eigenvalue weighted by Gasteiger charge is 2.22. The van der Waals surface area contributed by atoms with Crippen LogP contribution in [0.2, 0.25) is 0 Å². The summed E-state index contributed by atoms with van der Waals surface area (Å²) in [6, 6.07) is 8.37. The lowest BCUT2D eigenvalue weighted by Gasteiger charge is -2.32. The normalized spacial score (nSPS) is 19.1. The fraction of sp³-hybridized carbons (Fsp3) is 0.588. The number of piperidine rings is 1. The molecule has 1 aromatic carbocycles. The van der Waals surface area contributed by atoms with Crippen LogP contribution >= 0.6 is 0 Å². The van der Waals surface area contributed by atoms with E-state index in [1.165, 1.54) is 11.1 Å². The van der Waals surface area contributed by atoms with Crippen LogP contribution in [0.1, 0.15) is 36.8 Å². The molecule has 0 aliphatic carbocycles. The first-order valence-corrected chi connectivity index (χ1v) is 7.63. The van der Waals surface area contributed by atoms with Crippen molar-refractivity contribution in [3.05, 3.63) is 35.4 Å². The Kier molecular flexibility index (Phi) is 5.60. The zero-order valence-electron chi connectivity index (χ0n) is 12.3. The van der Waals surface area contributed by atoms with Gasteiger partial charge in [0.2, 0.25) is 5.91 Å². The molecule has 1 aliphatic heterocycles. The molecule has 20 heavy (non-hydrogen) atoms. The summed E-state index contributed by atoms with van der Waals surface area (Å²) in [5.41, 5.74) is 2.48. The highest BCUT2D eigenvalue weighted by molar-refractivity contribution is 5.76. The molecule has 1 aromatic rings. The average Bonchev–Trinajstić information content (AvgIpc) is 2.45. The molecule has 3 heteroatoms. The molecule has 1 heterocycles. The van der Waals surface area contributed by atoms with E-state index in [2.05, 4.69) is 25.1 Å². The molecule has 1 aliphatic rings. The predicted octanol–water partition coefficient (Wildman–Crippen LogP) is 2.55. The summed E-state index contributed by atoms with van der Waals surface area (Å²) in [6.07, 6.45) is 4.45. The van der Waals surface area contributed by atoms with Crippen molar-refractivity contribution in [2.45, 2.75) is 39.0 Å². The summed E-state index contributed by atoms with van der Waals surface area (Å²) in [4.78, 5) is 14.3. The van der Waals surface area contributed by atoms with Gasteiger partial charge in [0, 0.05) is 26.1 Å². The first kappa shape index (κ1) is 15.0. The van der Waals surface area contributed by atoms with Gasteiger partial charge in [-0.1, -0.05) is 29.8 Å². The molecule has 0 spiro atoms. The van der Waals surface area contributed by atoms with Crippen LogP contribution in [0.25, 0.3) is 0 Å². The summed E-state index contributed by atoms with van der Waals surface area (Å²) >= 11 is 0. The maximum atomic E-state index is 12.3. The number of nitrogens with zero attached hydrogens (tertiary/aromatic N) is 1. The van der Waals surface area contributed by atoms with Gasteiger partial charge in [0.25, 0.3) is 0 Å². The fourth-order valence-electron chi connectivity index (χ4n) is 2.99. The highest BCUT2D eigenvalue weighted by Crippen LogP contribution is 2.20. The molecule has 1 atom stereocenters. The van der Waals surface area contributed by atoms with Crippen molar-refractivity contribution in [2.75, 3.05) is 19.7 Å². The van der Waals surface area contributed by atoms with Gasteiger partial charge in [0.15, 0.2) is 0 Å². The lowest BCUT2D eigenvalue weighted by atomic mass is 9.94. The highest BCUT2D eigenvalue weighted by atomic mass is 16.3. The number of rotatable bonds is 5. The minimum absolute atomic E-state index is 0.232. The van der Waals surface area contributed by atoms with Crippen molar-refractivity contribution in [2.24, 2.45) is 5.92 Å². The van der Waals surface area contributed by atoms with Gasteiger partial charge in [-0.25, -0.2) is 0 Å². The first-order chi connectivity index (χ1) is 9.69. The summed E-state index contributed by atoms with van der Waals surface area (Å²) in [6.45, 7) is 4.02. The van der Waals surface area contributed by atoms with Gasteiger partial charge in [-0.15, -0.1) is 0 Å². The third-order valence-electron chi connectivity index (χ3n) is 4.12. The molecule has 0 bridgehead atoms. The molecule has 0 saturated carbocycles. The SMILES string of the molecule is Cc1cccc(CCC(=O)N2CCCC(CCO)C2)c1. The Balaban J connectivity index is 1.82. The quantitative estimate of drug-likeness (QED) is 0.897. The summed E-state index contributed by atoms with van der Waals surface area (Å²) in [5, 5.41) is 9.02. The number of aliphatic hydroxyl groups is 1. The second-order valence-corrected chi connectivity index (χ2v) is 5.85. The zero-order valence-corrected chi connectivity index (χ0v) is 12.3. The number of aryl methyl sites for hydroxylation is 2. The van der Waals surface area contributed by atoms with Crippen molar-refractivity contribution in [3.63, 3.8) is 0 Å². The van der Waals surface area contributed by atoms with E-state index in [9.17, 15) is 4.79 Å². The second kappa shape index (κ2) is 7.44. The monoisotopic (exact) mass is 275 g/mol. The minimum atomic E-state index is 0.232. The first-order valence-electron chi connectivity index (χ1n) is 7.63. The smallest absolute Gasteiger partial charge is 0.222 e. The van der Waals surface area contributed by atoms with E-state index in [0.717, 1.165) is 38.8 Å². The van der Waals surface area contributed by atoms with E-state index < -0.39 is 0 Å². The van der Waals surface area contributed by atoms with Gasteiger partial charge in [-0.3, -0.25) is 4.79 Å². The summed E-state index contributed by atoms with van der Waals surface area (Å²) < 4.78 is 0. The largest absolute Gasteiger partial charge is 0.396 e. The molecule has 3 nitrogen and oxygen atoms in total. The number of benzene rings is 1. The topological polar surface area (TPSA) is 40.5 Å². The van der Waals surface area contributed by atoms with Crippen LogP contribution in [0.15, 0.2) is 24.3 Å². The number of amides is 1. The number of carbonyl (C=O) groups excluding carboxylic acids is 1. The number of likely N-dealkylation sites (tertiary alicyclic amines) is 1. The van der Waals surface area contributed by atoms with Crippen LogP contribution in [-0.2, 0) is 11.2 Å². The lowest BCUT2D eigenvalue weighted by molar-refractivity contribution is -0.133. The Morgan fingerprint density at radius 2 is 2.30 bits per heavy atom. The Labute approximate surface area is 121 Å². The average molecular weight is 275 g/mol. The summed E-state index contributed by atoms with van der Waals surface area (Å²) in [5.74, 6) is 0.741. The van der Waals surface area contributed by atoms with Crippen LogP contribution in [0.4, 0.5) is 0 Å². The van der Waals surface area contributed by atoms with E-state index in [0.29, 0.717) is 12.3 Å². The molecular weight excluding hydrogens is 250 g/mol. The van der Waals surface area contributed by atoms with Crippen LogP contribution < -0.4 is 0 Å². The van der Waals surface area contributed by atoms with Gasteiger partial charge in [-0.05, 0) is 44.1 Å². The lowest BCUT2D eigenvalue weighted by Crippen LogP contribution is -2.40. The maximum Gasteiger partial charge on any atom is 0.222 e. The maximum absolute atomic E-state index is 12.3. The number of hydrogen-bond acceptors (Lipinski definition) is 2.